The van der Waals surface area contributed by atoms with Crippen LogP contribution in [0, 0.1) is 13.8 Å². The second-order valence-electron chi connectivity index (χ2n) is 5.98. The van der Waals surface area contributed by atoms with Gasteiger partial charge in [-0.2, -0.15) is 5.10 Å². The van der Waals surface area contributed by atoms with Gasteiger partial charge in [-0.15, -0.1) is 0 Å². The molecule has 5 heteroatoms. The maximum absolute atomic E-state index is 13.2. The Kier molecular flexibility index (Phi) is 5.24. The Balaban J connectivity index is 2.08. The van der Waals surface area contributed by atoms with Gasteiger partial charge in [-0.25, -0.2) is 4.68 Å². The number of aromatic nitrogens is 2. The number of allylic oxidation sites excluding steroid dienone is 1. The number of carbonyl (C=O) groups excluding carboxylic acids is 1. The molecule has 0 aliphatic rings. The molecule has 132 valence electrons. The number of nitrogens with zero attached hydrogens (tertiary/aromatic N) is 2. The van der Waals surface area contributed by atoms with Crippen LogP contribution in [0.1, 0.15) is 27.3 Å². The van der Waals surface area contributed by atoms with Crippen molar-refractivity contribution in [2.24, 2.45) is 0 Å². The summed E-state index contributed by atoms with van der Waals surface area (Å²) in [5, 5.41) is 5.13. The van der Waals surface area contributed by atoms with Crippen molar-refractivity contribution in [3.63, 3.8) is 0 Å². The van der Waals surface area contributed by atoms with Crippen molar-refractivity contribution in [1.29, 1.82) is 0 Å². The lowest BCUT2D eigenvalue weighted by Crippen LogP contribution is -2.12. The summed E-state index contributed by atoms with van der Waals surface area (Å²) >= 11 is 5.96. The molecule has 3 aromatic rings. The largest absolute Gasteiger partial charge is 0.497 e. The van der Waals surface area contributed by atoms with E-state index in [-0.39, 0.29) is 5.78 Å². The van der Waals surface area contributed by atoms with E-state index in [1.54, 1.807) is 48.2 Å². The van der Waals surface area contributed by atoms with Crippen LogP contribution in [-0.4, -0.2) is 22.7 Å². The Labute approximate surface area is 157 Å². The third-order valence-corrected chi connectivity index (χ3v) is 4.25. The number of Topliss-reactive ketones (excluding diaryl/α,β-unsaturated/α-hetero) is 1. The van der Waals surface area contributed by atoms with E-state index in [9.17, 15) is 4.79 Å². The van der Waals surface area contributed by atoms with E-state index in [1.165, 1.54) is 0 Å². The Hall–Kier alpha value is -2.85. The van der Waals surface area contributed by atoms with Crippen LogP contribution in [0.2, 0.25) is 5.02 Å². The number of ether oxygens (including phenoxy) is 1. The molecule has 4 nitrogen and oxygen atoms in total. The molecule has 0 aliphatic carbocycles. The van der Waals surface area contributed by atoms with Crippen LogP contribution in [-0.2, 0) is 0 Å². The summed E-state index contributed by atoms with van der Waals surface area (Å²) < 4.78 is 6.84. The lowest BCUT2D eigenvalue weighted by Gasteiger charge is -2.10. The lowest BCUT2D eigenvalue weighted by atomic mass is 10.1. The SMILES string of the molecule is COc1ccc(C(=O)/C(=C/c2ccc(Cl)cc2)n2nc(C)cc2C)cc1. The van der Waals surface area contributed by atoms with E-state index in [0.29, 0.717) is 22.0 Å². The number of ketones is 1. The van der Waals surface area contributed by atoms with Crippen molar-refractivity contribution in [3.8, 4) is 5.75 Å². The van der Waals surface area contributed by atoms with Gasteiger partial charge < -0.3 is 4.74 Å². The van der Waals surface area contributed by atoms with Crippen molar-refractivity contribution < 1.29 is 9.53 Å². The smallest absolute Gasteiger partial charge is 0.211 e. The third-order valence-electron chi connectivity index (χ3n) is 4.00. The lowest BCUT2D eigenvalue weighted by molar-refractivity contribution is 0.105. The van der Waals surface area contributed by atoms with Crippen molar-refractivity contribution in [1.82, 2.24) is 9.78 Å². The molecule has 0 bridgehead atoms. The van der Waals surface area contributed by atoms with Gasteiger partial charge in [-0.05, 0) is 68.0 Å². The minimum atomic E-state index is -0.117. The first-order chi connectivity index (χ1) is 12.5. The summed E-state index contributed by atoms with van der Waals surface area (Å²) in [7, 11) is 1.60. The third kappa shape index (κ3) is 3.86. The summed E-state index contributed by atoms with van der Waals surface area (Å²) in [6, 6.07) is 16.3. The number of methoxy groups -OCH3 is 1. The molecule has 0 N–H and O–H groups in total. The van der Waals surface area contributed by atoms with Crippen molar-refractivity contribution in [2.75, 3.05) is 7.11 Å². The van der Waals surface area contributed by atoms with Gasteiger partial charge in [0.05, 0.1) is 12.8 Å². The summed E-state index contributed by atoms with van der Waals surface area (Å²) in [6.07, 6.45) is 1.82. The highest BCUT2D eigenvalue weighted by molar-refractivity contribution is 6.30. The van der Waals surface area contributed by atoms with Crippen LogP contribution in [0.3, 0.4) is 0 Å². The van der Waals surface area contributed by atoms with Crippen LogP contribution in [0.25, 0.3) is 11.8 Å². The fraction of sp³-hybridized carbons (Fsp3) is 0.143. The Morgan fingerprint density at radius 1 is 1.08 bits per heavy atom. The van der Waals surface area contributed by atoms with E-state index in [2.05, 4.69) is 5.10 Å². The Morgan fingerprint density at radius 3 is 2.27 bits per heavy atom. The summed E-state index contributed by atoms with van der Waals surface area (Å²) in [5.41, 5.74) is 3.66. The van der Waals surface area contributed by atoms with Crippen LogP contribution in [0.15, 0.2) is 54.6 Å². The topological polar surface area (TPSA) is 44.1 Å². The molecule has 1 heterocycles. The van der Waals surface area contributed by atoms with Crippen molar-refractivity contribution in [3.05, 3.63) is 82.1 Å². The zero-order chi connectivity index (χ0) is 18.7. The highest BCUT2D eigenvalue weighted by Gasteiger charge is 2.17. The second-order valence-corrected chi connectivity index (χ2v) is 6.41. The predicted octanol–water partition coefficient (Wildman–Crippen LogP) is 5.04. The average molecular weight is 367 g/mol. The molecule has 1 aromatic heterocycles. The fourth-order valence-corrected chi connectivity index (χ4v) is 2.83. The number of carbonyl (C=O) groups is 1. The molecule has 0 atom stereocenters. The first kappa shape index (κ1) is 18.0. The normalized spacial score (nSPS) is 11.5. The molecule has 2 aromatic carbocycles. The van der Waals surface area contributed by atoms with Crippen LogP contribution < -0.4 is 4.74 Å². The van der Waals surface area contributed by atoms with E-state index in [0.717, 1.165) is 17.0 Å². The molecule has 0 radical (unpaired) electrons. The van der Waals surface area contributed by atoms with Gasteiger partial charge in [-0.1, -0.05) is 23.7 Å². The first-order valence-corrected chi connectivity index (χ1v) is 8.55. The van der Waals surface area contributed by atoms with E-state index in [1.807, 2.05) is 38.1 Å². The number of halogens is 1. The van der Waals surface area contributed by atoms with Crippen molar-refractivity contribution >= 4 is 29.2 Å². The highest BCUT2D eigenvalue weighted by atomic mass is 35.5. The Bertz CT molecular complexity index is 955. The predicted molar refractivity (Wildman–Crippen MR) is 105 cm³/mol. The summed E-state index contributed by atoms with van der Waals surface area (Å²) in [6.45, 7) is 3.83. The molecular weight excluding hydrogens is 348 g/mol. The maximum atomic E-state index is 13.2. The number of benzene rings is 2. The fourth-order valence-electron chi connectivity index (χ4n) is 2.70. The summed E-state index contributed by atoms with van der Waals surface area (Å²) in [5.74, 6) is 0.588. The minimum Gasteiger partial charge on any atom is -0.497 e. The van der Waals surface area contributed by atoms with E-state index < -0.39 is 0 Å². The second kappa shape index (κ2) is 7.58. The van der Waals surface area contributed by atoms with Gasteiger partial charge in [-0.3, -0.25) is 4.79 Å². The molecule has 0 unspecified atom stereocenters. The number of hydrogen-bond donors (Lipinski definition) is 0. The van der Waals surface area contributed by atoms with Crippen LogP contribution >= 0.6 is 11.6 Å². The van der Waals surface area contributed by atoms with Gasteiger partial charge in [0.1, 0.15) is 11.4 Å². The maximum Gasteiger partial charge on any atom is 0.211 e. The molecular formula is C21H19ClN2O2. The zero-order valence-corrected chi connectivity index (χ0v) is 15.6. The molecule has 0 fully saturated rings. The van der Waals surface area contributed by atoms with E-state index in [4.69, 9.17) is 16.3 Å². The molecule has 26 heavy (non-hydrogen) atoms. The number of rotatable bonds is 5. The van der Waals surface area contributed by atoms with Gasteiger partial charge in [0.15, 0.2) is 0 Å². The standard InChI is InChI=1S/C21H19ClN2O2/c1-14-12-15(2)24(23-14)20(13-16-4-8-18(22)9-5-16)21(25)17-6-10-19(26-3)11-7-17/h4-13H,1-3H3/b20-13-. The Morgan fingerprint density at radius 2 is 1.73 bits per heavy atom. The average Bonchev–Trinajstić information content (AvgIpc) is 2.98. The van der Waals surface area contributed by atoms with Crippen LogP contribution in [0.4, 0.5) is 0 Å². The first-order valence-electron chi connectivity index (χ1n) is 8.17. The molecule has 0 aliphatic heterocycles. The highest BCUT2D eigenvalue weighted by Crippen LogP contribution is 2.22. The molecule has 0 saturated carbocycles. The summed E-state index contributed by atoms with van der Waals surface area (Å²) in [4.78, 5) is 13.2. The molecule has 0 spiro atoms. The molecule has 0 saturated heterocycles. The molecule has 3 rings (SSSR count). The minimum absolute atomic E-state index is 0.117. The zero-order valence-electron chi connectivity index (χ0n) is 14.9. The quantitative estimate of drug-likeness (QED) is 0.469. The molecule has 0 amide bonds. The van der Waals surface area contributed by atoms with E-state index >= 15 is 0 Å². The van der Waals surface area contributed by atoms with Crippen molar-refractivity contribution in [2.45, 2.75) is 13.8 Å². The van der Waals surface area contributed by atoms with Gasteiger partial charge in [0, 0.05) is 16.3 Å². The van der Waals surface area contributed by atoms with Gasteiger partial charge in [0.25, 0.3) is 0 Å². The number of aryl methyl sites for hydroxylation is 2. The van der Waals surface area contributed by atoms with Crippen LogP contribution in [0.5, 0.6) is 5.75 Å². The monoisotopic (exact) mass is 366 g/mol. The van der Waals surface area contributed by atoms with Gasteiger partial charge in [0.2, 0.25) is 5.78 Å². The number of hydrogen-bond acceptors (Lipinski definition) is 3. The van der Waals surface area contributed by atoms with Gasteiger partial charge >= 0.3 is 0 Å².